The normalized spacial score (nSPS) is 38.7. The average molecular weight is 366 g/mol. The molecule has 1 heterocycles. The van der Waals surface area contributed by atoms with Gasteiger partial charge in [-0.2, -0.15) is 0 Å². The molecule has 0 bridgehead atoms. The quantitative estimate of drug-likeness (QED) is 0.723. The Hall–Kier alpha value is -2.00. The number of esters is 2. The second-order valence-corrected chi connectivity index (χ2v) is 6.53. The highest BCUT2D eigenvalue weighted by molar-refractivity contribution is 5.68. The Morgan fingerprint density at radius 2 is 1.73 bits per heavy atom. The van der Waals surface area contributed by atoms with Gasteiger partial charge in [-0.3, -0.25) is 9.59 Å². The van der Waals surface area contributed by atoms with Gasteiger partial charge in [-0.25, -0.2) is 0 Å². The molecule has 7 atom stereocenters. The predicted molar refractivity (Wildman–Crippen MR) is 86.9 cm³/mol. The Labute approximate surface area is 150 Å². The van der Waals surface area contributed by atoms with Crippen molar-refractivity contribution < 1.29 is 38.7 Å². The predicted octanol–water partition coefficient (Wildman–Crippen LogP) is 0.110. The van der Waals surface area contributed by atoms with Gasteiger partial charge >= 0.3 is 11.9 Å². The van der Waals surface area contributed by atoms with E-state index in [2.05, 4.69) is 0 Å². The van der Waals surface area contributed by atoms with Gasteiger partial charge in [0.15, 0.2) is 18.5 Å². The van der Waals surface area contributed by atoms with Crippen molar-refractivity contribution in [1.29, 1.82) is 0 Å². The van der Waals surface area contributed by atoms with Crippen molar-refractivity contribution in [3.05, 3.63) is 35.9 Å². The van der Waals surface area contributed by atoms with E-state index >= 15 is 0 Å². The van der Waals surface area contributed by atoms with Gasteiger partial charge in [0.2, 0.25) is 0 Å². The molecular formula is C18H22O8. The van der Waals surface area contributed by atoms with Crippen molar-refractivity contribution in [3.8, 4) is 0 Å². The first kappa shape index (κ1) is 18.8. The molecule has 1 aliphatic carbocycles. The van der Waals surface area contributed by atoms with Crippen LogP contribution in [-0.2, 0) is 28.5 Å². The first-order chi connectivity index (χ1) is 12.3. The third kappa shape index (κ3) is 2.88. The zero-order valence-corrected chi connectivity index (χ0v) is 14.7. The van der Waals surface area contributed by atoms with E-state index in [0.29, 0.717) is 5.56 Å². The Kier molecular flexibility index (Phi) is 5.03. The largest absolute Gasteiger partial charge is 0.455 e. The monoisotopic (exact) mass is 366 g/mol. The van der Waals surface area contributed by atoms with Crippen LogP contribution in [0.1, 0.15) is 25.3 Å². The molecule has 8 heteroatoms. The first-order valence-electron chi connectivity index (χ1n) is 8.28. The number of carbonyl (C=O) groups is 2. The maximum atomic E-state index is 11.7. The summed E-state index contributed by atoms with van der Waals surface area (Å²) in [6.45, 7) is 2.38. The summed E-state index contributed by atoms with van der Waals surface area (Å²) in [5.74, 6) is -2.09. The summed E-state index contributed by atoms with van der Waals surface area (Å²) < 4.78 is 21.4. The maximum Gasteiger partial charge on any atom is 0.303 e. The van der Waals surface area contributed by atoms with Crippen molar-refractivity contribution in [2.75, 3.05) is 7.11 Å². The lowest BCUT2D eigenvalue weighted by Crippen LogP contribution is -2.81. The van der Waals surface area contributed by atoms with Crippen LogP contribution < -0.4 is 0 Å². The number of rotatable bonds is 4. The van der Waals surface area contributed by atoms with Crippen LogP contribution in [0, 0.1) is 0 Å². The van der Waals surface area contributed by atoms with Crippen LogP contribution >= 0.6 is 0 Å². The minimum atomic E-state index is -1.78. The van der Waals surface area contributed by atoms with Crippen molar-refractivity contribution in [3.63, 3.8) is 0 Å². The second-order valence-electron chi connectivity index (χ2n) is 6.53. The molecule has 0 spiro atoms. The number of methoxy groups -OCH3 is 1. The minimum Gasteiger partial charge on any atom is -0.455 e. The summed E-state index contributed by atoms with van der Waals surface area (Å²) in [6, 6.07) is 8.83. The number of hydrogen-bond donors (Lipinski definition) is 2. The highest BCUT2D eigenvalue weighted by Crippen LogP contribution is 2.54. The molecular weight excluding hydrogens is 344 g/mol. The molecule has 26 heavy (non-hydrogen) atoms. The van der Waals surface area contributed by atoms with Gasteiger partial charge in [0.25, 0.3) is 0 Å². The molecule has 2 N–H and O–H groups in total. The summed E-state index contributed by atoms with van der Waals surface area (Å²) in [5, 5.41) is 22.0. The van der Waals surface area contributed by atoms with Crippen LogP contribution in [0.4, 0.5) is 0 Å². The van der Waals surface area contributed by atoms with Gasteiger partial charge in [0.05, 0.1) is 6.10 Å². The number of hydrogen-bond acceptors (Lipinski definition) is 8. The second kappa shape index (κ2) is 6.96. The van der Waals surface area contributed by atoms with Crippen molar-refractivity contribution in [2.45, 2.75) is 56.1 Å². The van der Waals surface area contributed by atoms with Crippen LogP contribution in [0.5, 0.6) is 0 Å². The molecule has 1 aromatic rings. The van der Waals surface area contributed by atoms with E-state index in [1.54, 1.807) is 30.3 Å². The van der Waals surface area contributed by atoms with Gasteiger partial charge in [-0.15, -0.1) is 0 Å². The lowest BCUT2D eigenvalue weighted by molar-refractivity contribution is -0.384. The number of ether oxygens (including phenoxy) is 4. The van der Waals surface area contributed by atoms with Crippen LogP contribution in [0.25, 0.3) is 0 Å². The molecule has 1 saturated heterocycles. The van der Waals surface area contributed by atoms with Gasteiger partial charge in [0.1, 0.15) is 11.7 Å². The van der Waals surface area contributed by atoms with Crippen molar-refractivity contribution >= 4 is 11.9 Å². The smallest absolute Gasteiger partial charge is 0.303 e. The van der Waals surface area contributed by atoms with E-state index in [1.807, 2.05) is 0 Å². The Morgan fingerprint density at radius 1 is 1.12 bits per heavy atom. The van der Waals surface area contributed by atoms with Gasteiger partial charge < -0.3 is 29.2 Å². The fraction of sp³-hybridized carbons (Fsp3) is 0.556. The summed E-state index contributed by atoms with van der Waals surface area (Å²) in [4.78, 5) is 23.2. The molecule has 2 unspecified atom stereocenters. The van der Waals surface area contributed by atoms with Gasteiger partial charge in [-0.1, -0.05) is 30.3 Å². The summed E-state index contributed by atoms with van der Waals surface area (Å²) >= 11 is 0. The molecule has 2 aliphatic rings. The van der Waals surface area contributed by atoms with Gasteiger partial charge in [-0.05, 0) is 5.56 Å². The number of fused-ring (bicyclic) bond motifs is 1. The number of aliphatic hydroxyl groups is 2. The number of aliphatic hydroxyl groups excluding tert-OH is 1. The summed E-state index contributed by atoms with van der Waals surface area (Å²) in [5.41, 5.74) is -1.13. The average Bonchev–Trinajstić information content (AvgIpc) is 2.58. The van der Waals surface area contributed by atoms with E-state index in [1.165, 1.54) is 21.0 Å². The van der Waals surface area contributed by atoms with Crippen molar-refractivity contribution in [2.24, 2.45) is 0 Å². The van der Waals surface area contributed by atoms with E-state index in [4.69, 9.17) is 18.9 Å². The van der Waals surface area contributed by atoms with Crippen molar-refractivity contribution in [1.82, 2.24) is 0 Å². The molecule has 1 saturated carbocycles. The van der Waals surface area contributed by atoms with E-state index in [9.17, 15) is 19.8 Å². The topological polar surface area (TPSA) is 112 Å². The SMILES string of the molecule is CO[C@@H]1O[C@@H]2C(O)C(c3ccccc3)[C@@]2(O)[C@H](OC(C)=O)[C@H]1OC(C)=O. The van der Waals surface area contributed by atoms with Crippen LogP contribution in [-0.4, -0.2) is 65.6 Å². The molecule has 1 aromatic carbocycles. The van der Waals surface area contributed by atoms with Gasteiger partial charge in [0, 0.05) is 26.9 Å². The third-order valence-electron chi connectivity index (χ3n) is 4.89. The lowest BCUT2D eigenvalue weighted by atomic mass is 9.57. The Bertz CT molecular complexity index is 677. The molecule has 0 aromatic heterocycles. The summed E-state index contributed by atoms with van der Waals surface area (Å²) in [6.07, 6.45) is -5.65. The number of carbonyl (C=O) groups excluding carboxylic acids is 2. The fourth-order valence-corrected chi connectivity index (χ4v) is 3.90. The van der Waals surface area contributed by atoms with Crippen LogP contribution in [0.15, 0.2) is 30.3 Å². The van der Waals surface area contributed by atoms with E-state index in [0.717, 1.165) is 0 Å². The lowest BCUT2D eigenvalue weighted by Gasteiger charge is -2.62. The van der Waals surface area contributed by atoms with Crippen LogP contribution in [0.3, 0.4) is 0 Å². The van der Waals surface area contributed by atoms with E-state index < -0.39 is 54.2 Å². The molecule has 1 aliphatic heterocycles. The standard InChI is InChI=1S/C18H22O8/c1-9(19)24-14-16(25-10(2)20)18(22)12(11-7-5-4-6-8-11)13(21)15(18)26-17(14)23-3/h4-8,12-17,21-22H,1-3H3/t12?,13?,14-,15-,16-,17-,18+/m1/s1. The van der Waals surface area contributed by atoms with E-state index in [-0.39, 0.29) is 0 Å². The zero-order valence-electron chi connectivity index (χ0n) is 14.7. The zero-order chi connectivity index (χ0) is 19.1. The minimum absolute atomic E-state index is 0.643. The molecule has 142 valence electrons. The maximum absolute atomic E-state index is 11.7. The third-order valence-corrected chi connectivity index (χ3v) is 4.89. The highest BCUT2D eigenvalue weighted by atomic mass is 16.7. The molecule has 2 fully saturated rings. The Morgan fingerprint density at radius 3 is 2.27 bits per heavy atom. The number of benzene rings is 1. The molecule has 8 nitrogen and oxygen atoms in total. The Balaban J connectivity index is 2.03. The highest BCUT2D eigenvalue weighted by Gasteiger charge is 2.73. The molecule has 0 radical (unpaired) electrons. The molecule has 0 amide bonds. The summed E-state index contributed by atoms with van der Waals surface area (Å²) in [7, 11) is 1.33. The fourth-order valence-electron chi connectivity index (χ4n) is 3.90. The first-order valence-corrected chi connectivity index (χ1v) is 8.28. The van der Waals surface area contributed by atoms with Crippen LogP contribution in [0.2, 0.25) is 0 Å². The molecule has 3 rings (SSSR count).